The molecule has 0 aliphatic heterocycles. The van der Waals surface area contributed by atoms with Gasteiger partial charge in [0.25, 0.3) is 0 Å². The maximum absolute atomic E-state index is 5.93. The van der Waals surface area contributed by atoms with Gasteiger partial charge in [0.1, 0.15) is 12.4 Å². The highest BCUT2D eigenvalue weighted by Crippen LogP contribution is 2.25. The molecule has 1 aromatic carbocycles. The first-order valence-corrected chi connectivity index (χ1v) is 5.80. The molecule has 0 aliphatic rings. The Hall–Kier alpha value is -0.770. The van der Waals surface area contributed by atoms with Gasteiger partial charge in [-0.25, -0.2) is 4.98 Å². The zero-order valence-electron chi connectivity index (χ0n) is 7.61. The Labute approximate surface area is 101 Å². The Balaban J connectivity index is 2.02. The van der Waals surface area contributed by atoms with Crippen LogP contribution in [0.2, 0.25) is 9.49 Å². The van der Waals surface area contributed by atoms with Crippen LogP contribution in [0.25, 0.3) is 0 Å². The lowest BCUT2D eigenvalue weighted by Gasteiger charge is -2.05. The minimum absolute atomic E-state index is 0.439. The van der Waals surface area contributed by atoms with E-state index in [4.69, 9.17) is 27.9 Å². The van der Waals surface area contributed by atoms with Crippen molar-refractivity contribution in [2.45, 2.75) is 6.61 Å². The molecule has 0 spiro atoms. The van der Waals surface area contributed by atoms with E-state index in [-0.39, 0.29) is 0 Å². The summed E-state index contributed by atoms with van der Waals surface area (Å²) in [4.78, 5) is 4.89. The van der Waals surface area contributed by atoms with E-state index in [1.54, 1.807) is 12.3 Å². The third-order valence-corrected chi connectivity index (χ3v) is 3.13. The van der Waals surface area contributed by atoms with Crippen molar-refractivity contribution in [3.63, 3.8) is 0 Å². The molecule has 0 saturated heterocycles. The Morgan fingerprint density at radius 2 is 2.07 bits per heavy atom. The number of hydrogen-bond acceptors (Lipinski definition) is 3. The molecule has 0 saturated carbocycles. The number of hydrogen-bond donors (Lipinski definition) is 0. The van der Waals surface area contributed by atoms with Crippen LogP contribution in [0.4, 0.5) is 0 Å². The first-order valence-electron chi connectivity index (χ1n) is 4.23. The summed E-state index contributed by atoms with van der Waals surface area (Å²) >= 11 is 13.0. The molecule has 0 fully saturated rings. The number of aromatic nitrogens is 1. The molecule has 0 unspecified atom stereocenters. The zero-order valence-corrected chi connectivity index (χ0v) is 9.94. The highest BCUT2D eigenvalue weighted by molar-refractivity contribution is 7.15. The molecule has 0 N–H and O–H groups in total. The maximum atomic E-state index is 5.93. The Morgan fingerprint density at radius 1 is 1.27 bits per heavy atom. The minimum Gasteiger partial charge on any atom is -0.486 e. The van der Waals surface area contributed by atoms with Gasteiger partial charge >= 0.3 is 0 Å². The van der Waals surface area contributed by atoms with E-state index >= 15 is 0 Å². The molecule has 0 aliphatic carbocycles. The third-order valence-electron chi connectivity index (χ3n) is 1.73. The lowest BCUT2D eigenvalue weighted by atomic mass is 10.3. The van der Waals surface area contributed by atoms with Gasteiger partial charge in [-0.2, -0.15) is 0 Å². The average molecular weight is 260 g/mol. The summed E-state index contributed by atoms with van der Waals surface area (Å²) in [7, 11) is 0. The summed E-state index contributed by atoms with van der Waals surface area (Å²) in [6.45, 7) is 0.439. The van der Waals surface area contributed by atoms with Crippen LogP contribution in [0.1, 0.15) is 4.88 Å². The molecule has 2 aromatic rings. The van der Waals surface area contributed by atoms with Crippen LogP contribution in [0.5, 0.6) is 5.75 Å². The summed E-state index contributed by atoms with van der Waals surface area (Å²) in [6, 6.07) is 7.35. The maximum Gasteiger partial charge on any atom is 0.183 e. The van der Waals surface area contributed by atoms with E-state index in [0.29, 0.717) is 21.8 Å². The molecule has 1 heterocycles. The smallest absolute Gasteiger partial charge is 0.183 e. The van der Waals surface area contributed by atoms with Gasteiger partial charge in [-0.05, 0) is 12.1 Å². The van der Waals surface area contributed by atoms with E-state index in [1.165, 1.54) is 11.3 Å². The number of rotatable bonds is 3. The first kappa shape index (κ1) is 10.7. The molecule has 78 valence electrons. The molecule has 2 nitrogen and oxygen atoms in total. The molecule has 2 rings (SSSR count). The van der Waals surface area contributed by atoms with Crippen molar-refractivity contribution in [2.75, 3.05) is 0 Å². The van der Waals surface area contributed by atoms with Crippen molar-refractivity contribution < 1.29 is 4.74 Å². The fraction of sp³-hybridized carbons (Fsp3) is 0.100. The van der Waals surface area contributed by atoms with Crippen LogP contribution in [0.15, 0.2) is 30.5 Å². The molecule has 0 amide bonds. The van der Waals surface area contributed by atoms with Crippen molar-refractivity contribution in [1.29, 1.82) is 0 Å². The Morgan fingerprint density at radius 3 is 2.73 bits per heavy atom. The van der Waals surface area contributed by atoms with Crippen molar-refractivity contribution in [3.05, 3.63) is 44.8 Å². The first-order chi connectivity index (χ1) is 7.25. The number of nitrogens with zero attached hydrogens (tertiary/aromatic N) is 1. The van der Waals surface area contributed by atoms with E-state index in [9.17, 15) is 0 Å². The van der Waals surface area contributed by atoms with Crippen LogP contribution in [0.3, 0.4) is 0 Å². The SMILES string of the molecule is Clc1ncc(COc2ccccc2Cl)s1. The second kappa shape index (κ2) is 4.84. The number of ether oxygens (including phenoxy) is 1. The number of benzene rings is 1. The van der Waals surface area contributed by atoms with Gasteiger partial charge in [0.2, 0.25) is 0 Å². The fourth-order valence-corrected chi connectivity index (χ4v) is 2.14. The topological polar surface area (TPSA) is 22.1 Å². The zero-order chi connectivity index (χ0) is 10.7. The standard InChI is InChI=1S/C10H7Cl2NOS/c11-8-3-1-2-4-9(8)14-6-7-5-13-10(12)15-7/h1-5H,6H2. The van der Waals surface area contributed by atoms with Crippen LogP contribution in [-0.4, -0.2) is 4.98 Å². The second-order valence-corrected chi connectivity index (χ2v) is 4.90. The predicted octanol–water partition coefficient (Wildman–Crippen LogP) is 4.03. The van der Waals surface area contributed by atoms with Gasteiger partial charge in [0.15, 0.2) is 4.47 Å². The Bertz CT molecular complexity index is 458. The van der Waals surface area contributed by atoms with Crippen LogP contribution < -0.4 is 4.74 Å². The number of thiazole rings is 1. The summed E-state index contributed by atoms with van der Waals surface area (Å²) < 4.78 is 6.04. The molecule has 0 bridgehead atoms. The van der Waals surface area contributed by atoms with Crippen LogP contribution in [-0.2, 0) is 6.61 Å². The van der Waals surface area contributed by atoms with Crippen molar-refractivity contribution in [3.8, 4) is 5.75 Å². The molecule has 0 radical (unpaired) electrons. The summed E-state index contributed by atoms with van der Waals surface area (Å²) in [5.41, 5.74) is 0. The van der Waals surface area contributed by atoms with Crippen molar-refractivity contribution >= 4 is 34.5 Å². The predicted molar refractivity (Wildman–Crippen MR) is 62.9 cm³/mol. The number of para-hydroxylation sites is 1. The summed E-state index contributed by atoms with van der Waals surface area (Å²) in [5.74, 6) is 0.670. The van der Waals surface area contributed by atoms with Gasteiger partial charge in [-0.15, -0.1) is 11.3 Å². The van der Waals surface area contributed by atoms with Crippen LogP contribution >= 0.6 is 34.5 Å². The van der Waals surface area contributed by atoms with E-state index in [1.807, 2.05) is 18.2 Å². The highest BCUT2D eigenvalue weighted by Gasteiger charge is 2.03. The van der Waals surface area contributed by atoms with Crippen molar-refractivity contribution in [1.82, 2.24) is 4.98 Å². The largest absolute Gasteiger partial charge is 0.486 e. The molecular weight excluding hydrogens is 253 g/mol. The molecule has 15 heavy (non-hydrogen) atoms. The monoisotopic (exact) mass is 259 g/mol. The molecule has 5 heteroatoms. The van der Waals surface area contributed by atoms with E-state index in [2.05, 4.69) is 4.98 Å². The Kier molecular flexibility index (Phi) is 3.46. The normalized spacial score (nSPS) is 10.3. The van der Waals surface area contributed by atoms with Gasteiger partial charge in [0, 0.05) is 6.20 Å². The molecule has 0 atom stereocenters. The third kappa shape index (κ3) is 2.84. The van der Waals surface area contributed by atoms with E-state index < -0.39 is 0 Å². The molecular formula is C10H7Cl2NOS. The molecule has 1 aromatic heterocycles. The lowest BCUT2D eigenvalue weighted by molar-refractivity contribution is 0.310. The minimum atomic E-state index is 0.439. The summed E-state index contributed by atoms with van der Waals surface area (Å²) in [6.07, 6.45) is 1.70. The second-order valence-electron chi connectivity index (χ2n) is 2.80. The van der Waals surface area contributed by atoms with Gasteiger partial charge < -0.3 is 4.74 Å². The highest BCUT2D eigenvalue weighted by atomic mass is 35.5. The van der Waals surface area contributed by atoms with Gasteiger partial charge in [-0.1, -0.05) is 35.3 Å². The van der Waals surface area contributed by atoms with Gasteiger partial charge in [-0.3, -0.25) is 0 Å². The quantitative estimate of drug-likeness (QED) is 0.831. The van der Waals surface area contributed by atoms with Crippen molar-refractivity contribution in [2.24, 2.45) is 0 Å². The fourth-order valence-electron chi connectivity index (χ4n) is 1.06. The average Bonchev–Trinajstić information content (AvgIpc) is 2.63. The van der Waals surface area contributed by atoms with Gasteiger partial charge in [0.05, 0.1) is 9.90 Å². The lowest BCUT2D eigenvalue weighted by Crippen LogP contribution is -1.92. The van der Waals surface area contributed by atoms with Crippen LogP contribution in [0, 0.1) is 0 Å². The summed E-state index contributed by atoms with van der Waals surface area (Å²) in [5, 5.41) is 0.605. The number of halogens is 2. The van der Waals surface area contributed by atoms with E-state index in [0.717, 1.165) is 4.88 Å².